The van der Waals surface area contributed by atoms with Crippen LogP contribution in [0.4, 0.5) is 4.79 Å². The first-order valence-electron chi connectivity index (χ1n) is 9.16. The molecule has 24 heavy (non-hydrogen) atoms. The molecule has 2 N–H and O–H groups in total. The monoisotopic (exact) mass is 339 g/mol. The van der Waals surface area contributed by atoms with Gasteiger partial charge in [0.25, 0.3) is 0 Å². The first-order valence-corrected chi connectivity index (χ1v) is 9.16. The summed E-state index contributed by atoms with van der Waals surface area (Å²) in [5.41, 5.74) is 5.50. The zero-order valence-electron chi connectivity index (χ0n) is 15.7. The minimum absolute atomic E-state index is 0.0266. The second-order valence-electron chi connectivity index (χ2n) is 8.45. The van der Waals surface area contributed by atoms with E-state index in [-0.39, 0.29) is 24.0 Å². The molecule has 0 spiro atoms. The Balaban J connectivity index is 1.94. The lowest BCUT2D eigenvalue weighted by Gasteiger charge is -2.40. The molecular formula is C18H33N3O3. The van der Waals surface area contributed by atoms with E-state index in [2.05, 4.69) is 0 Å². The number of nitrogens with zero attached hydrogens (tertiary/aromatic N) is 2. The van der Waals surface area contributed by atoms with Crippen molar-refractivity contribution >= 4 is 12.0 Å². The van der Waals surface area contributed by atoms with Crippen LogP contribution in [0.25, 0.3) is 0 Å². The second kappa shape index (κ2) is 7.30. The molecule has 1 unspecified atom stereocenters. The molecule has 1 heterocycles. The SMILES string of the molecule is CC(C)C(N)C(=O)N1CCC(N(C(=O)OC(C)(C)C)C2CC2)CC1. The molecule has 0 bridgehead atoms. The van der Waals surface area contributed by atoms with Gasteiger partial charge in [0.05, 0.1) is 6.04 Å². The zero-order chi connectivity index (χ0) is 18.1. The van der Waals surface area contributed by atoms with E-state index in [1.165, 1.54) is 0 Å². The molecule has 2 rings (SSSR count). The van der Waals surface area contributed by atoms with E-state index in [0.29, 0.717) is 19.1 Å². The van der Waals surface area contributed by atoms with Gasteiger partial charge in [-0.3, -0.25) is 4.79 Å². The fraction of sp³-hybridized carbons (Fsp3) is 0.889. The van der Waals surface area contributed by atoms with Crippen molar-refractivity contribution in [2.75, 3.05) is 13.1 Å². The number of ether oxygens (including phenoxy) is 1. The molecule has 0 aromatic carbocycles. The summed E-state index contributed by atoms with van der Waals surface area (Å²) in [7, 11) is 0. The van der Waals surface area contributed by atoms with Crippen LogP contribution in [0.5, 0.6) is 0 Å². The predicted molar refractivity (Wildman–Crippen MR) is 93.5 cm³/mol. The Morgan fingerprint density at radius 1 is 1.08 bits per heavy atom. The topological polar surface area (TPSA) is 75.9 Å². The third-order valence-electron chi connectivity index (χ3n) is 4.72. The fourth-order valence-electron chi connectivity index (χ4n) is 3.12. The molecule has 6 heteroatoms. The van der Waals surface area contributed by atoms with Gasteiger partial charge in [-0.1, -0.05) is 13.8 Å². The molecule has 2 fully saturated rings. The van der Waals surface area contributed by atoms with Crippen LogP contribution in [0.3, 0.4) is 0 Å². The molecule has 0 aromatic heterocycles. The van der Waals surface area contributed by atoms with E-state index < -0.39 is 11.6 Å². The molecule has 1 saturated carbocycles. The van der Waals surface area contributed by atoms with Crippen molar-refractivity contribution < 1.29 is 14.3 Å². The average molecular weight is 339 g/mol. The minimum atomic E-state index is -0.481. The van der Waals surface area contributed by atoms with Crippen LogP contribution >= 0.6 is 0 Å². The smallest absolute Gasteiger partial charge is 0.410 e. The van der Waals surface area contributed by atoms with E-state index in [1.54, 1.807) is 0 Å². The molecule has 1 aliphatic carbocycles. The minimum Gasteiger partial charge on any atom is -0.444 e. The van der Waals surface area contributed by atoms with Crippen molar-refractivity contribution in [3.63, 3.8) is 0 Å². The standard InChI is InChI=1S/C18H33N3O3/c1-12(2)15(19)16(22)20-10-8-14(9-11-20)21(13-6-7-13)17(23)24-18(3,4)5/h12-15H,6-11,19H2,1-5H3. The van der Waals surface area contributed by atoms with Gasteiger partial charge in [0.1, 0.15) is 5.60 Å². The lowest BCUT2D eigenvalue weighted by molar-refractivity contribution is -0.135. The van der Waals surface area contributed by atoms with Crippen LogP contribution in [0, 0.1) is 5.92 Å². The molecule has 1 aliphatic heterocycles. The van der Waals surface area contributed by atoms with Crippen molar-refractivity contribution in [1.29, 1.82) is 0 Å². The second-order valence-corrected chi connectivity index (χ2v) is 8.45. The predicted octanol–water partition coefficient (Wildman–Crippen LogP) is 2.36. The molecule has 1 saturated heterocycles. The first-order chi connectivity index (χ1) is 11.1. The maximum absolute atomic E-state index is 12.6. The summed E-state index contributed by atoms with van der Waals surface area (Å²) in [6.45, 7) is 10.9. The number of amides is 2. The van der Waals surface area contributed by atoms with E-state index in [0.717, 1.165) is 25.7 Å². The van der Waals surface area contributed by atoms with Gasteiger partial charge in [0.2, 0.25) is 5.91 Å². The van der Waals surface area contributed by atoms with Gasteiger partial charge in [-0.05, 0) is 52.4 Å². The highest BCUT2D eigenvalue weighted by Gasteiger charge is 2.41. The van der Waals surface area contributed by atoms with Crippen LogP contribution in [0.15, 0.2) is 0 Å². The fourth-order valence-corrected chi connectivity index (χ4v) is 3.12. The highest BCUT2D eigenvalue weighted by Crippen LogP contribution is 2.33. The maximum Gasteiger partial charge on any atom is 0.410 e. The molecule has 6 nitrogen and oxygen atoms in total. The molecule has 2 aliphatic rings. The third-order valence-corrected chi connectivity index (χ3v) is 4.72. The number of hydrogen-bond acceptors (Lipinski definition) is 4. The lowest BCUT2D eigenvalue weighted by atomic mass is 9.99. The van der Waals surface area contributed by atoms with Gasteiger partial charge >= 0.3 is 6.09 Å². The molecule has 0 aromatic rings. The largest absolute Gasteiger partial charge is 0.444 e. The summed E-state index contributed by atoms with van der Waals surface area (Å²) < 4.78 is 5.58. The van der Waals surface area contributed by atoms with E-state index in [1.807, 2.05) is 44.4 Å². The van der Waals surface area contributed by atoms with E-state index in [9.17, 15) is 9.59 Å². The maximum atomic E-state index is 12.6. The highest BCUT2D eigenvalue weighted by atomic mass is 16.6. The van der Waals surface area contributed by atoms with Gasteiger partial charge in [-0.15, -0.1) is 0 Å². The number of hydrogen-bond donors (Lipinski definition) is 1. The Morgan fingerprint density at radius 2 is 1.58 bits per heavy atom. The zero-order valence-corrected chi connectivity index (χ0v) is 15.7. The number of piperidine rings is 1. The highest BCUT2D eigenvalue weighted by molar-refractivity contribution is 5.82. The van der Waals surface area contributed by atoms with Crippen molar-refractivity contribution in [1.82, 2.24) is 9.80 Å². The van der Waals surface area contributed by atoms with Gasteiger partial charge in [0.15, 0.2) is 0 Å². The summed E-state index contributed by atoms with van der Waals surface area (Å²) in [4.78, 5) is 28.7. The average Bonchev–Trinajstić information content (AvgIpc) is 3.29. The van der Waals surface area contributed by atoms with Crippen LogP contribution < -0.4 is 5.73 Å². The van der Waals surface area contributed by atoms with Crippen molar-refractivity contribution in [3.05, 3.63) is 0 Å². The summed E-state index contributed by atoms with van der Waals surface area (Å²) in [6, 6.07) is 0.0311. The number of rotatable bonds is 4. The lowest BCUT2D eigenvalue weighted by Crippen LogP contribution is -2.54. The normalized spacial score (nSPS) is 20.9. The third kappa shape index (κ3) is 4.85. The van der Waals surface area contributed by atoms with Crippen LogP contribution in [0.2, 0.25) is 0 Å². The Kier molecular flexibility index (Phi) is 5.78. The summed E-state index contributed by atoms with van der Waals surface area (Å²) in [5, 5.41) is 0. The quantitative estimate of drug-likeness (QED) is 0.853. The first kappa shape index (κ1) is 19.0. The van der Waals surface area contributed by atoms with Crippen LogP contribution in [-0.4, -0.2) is 58.6 Å². The summed E-state index contributed by atoms with van der Waals surface area (Å²) in [5.74, 6) is 0.165. The van der Waals surface area contributed by atoms with Crippen molar-refractivity contribution in [2.45, 2.75) is 84.0 Å². The molecule has 138 valence electrons. The molecule has 0 radical (unpaired) electrons. The van der Waals surface area contributed by atoms with Gasteiger partial charge in [-0.2, -0.15) is 0 Å². The molecular weight excluding hydrogens is 306 g/mol. The van der Waals surface area contributed by atoms with Crippen molar-refractivity contribution in [2.24, 2.45) is 11.7 Å². The Hall–Kier alpha value is -1.30. The molecule has 2 amide bonds. The van der Waals surface area contributed by atoms with E-state index in [4.69, 9.17) is 10.5 Å². The number of carbonyl (C=O) groups is 2. The molecule has 1 atom stereocenters. The van der Waals surface area contributed by atoms with Gasteiger partial charge in [-0.25, -0.2) is 4.79 Å². The number of carbonyl (C=O) groups excluding carboxylic acids is 2. The number of likely N-dealkylation sites (tertiary alicyclic amines) is 1. The van der Waals surface area contributed by atoms with Gasteiger partial charge in [0, 0.05) is 25.2 Å². The summed E-state index contributed by atoms with van der Waals surface area (Å²) >= 11 is 0. The van der Waals surface area contributed by atoms with Gasteiger partial charge < -0.3 is 20.3 Å². The van der Waals surface area contributed by atoms with Crippen LogP contribution in [0.1, 0.15) is 60.3 Å². The van der Waals surface area contributed by atoms with Crippen LogP contribution in [-0.2, 0) is 9.53 Å². The Bertz CT molecular complexity index is 461. The Morgan fingerprint density at radius 3 is 2.00 bits per heavy atom. The van der Waals surface area contributed by atoms with Crippen molar-refractivity contribution in [3.8, 4) is 0 Å². The number of nitrogens with two attached hydrogens (primary N) is 1. The Labute approximate surface area is 145 Å². The summed E-state index contributed by atoms with van der Waals surface area (Å²) in [6.07, 6.45) is 3.49. The van der Waals surface area contributed by atoms with E-state index >= 15 is 0 Å².